The zero-order valence-electron chi connectivity index (χ0n) is 10.1. The third kappa shape index (κ3) is 2.55. The molecule has 0 bridgehead atoms. The van der Waals surface area contributed by atoms with Crippen LogP contribution in [-0.2, 0) is 20.4 Å². The van der Waals surface area contributed by atoms with Gasteiger partial charge in [0.2, 0.25) is 0 Å². The van der Waals surface area contributed by atoms with E-state index in [1.807, 2.05) is 0 Å². The van der Waals surface area contributed by atoms with Crippen molar-refractivity contribution >= 4 is 28.6 Å². The standard InChI is InChI=1S/C12H11NO5S/c1-2-19(17)7-10(14)18-13-11(15)8-5-3-4-6-9(8)12(13)16/h3-6H,2,7H2,1H3. The summed E-state index contributed by atoms with van der Waals surface area (Å²) in [5, 5.41) is 0.417. The second-order valence-corrected chi connectivity index (χ2v) is 5.53. The van der Waals surface area contributed by atoms with E-state index in [4.69, 9.17) is 4.84 Å². The minimum atomic E-state index is -1.35. The summed E-state index contributed by atoms with van der Waals surface area (Å²) in [5.41, 5.74) is 0.383. The van der Waals surface area contributed by atoms with E-state index in [9.17, 15) is 18.6 Å². The number of nitrogens with zero attached hydrogens (tertiary/aromatic N) is 1. The fourth-order valence-corrected chi connectivity index (χ4v) is 2.13. The van der Waals surface area contributed by atoms with Crippen LogP contribution < -0.4 is 0 Å². The number of amides is 2. The fraction of sp³-hybridized carbons (Fsp3) is 0.250. The van der Waals surface area contributed by atoms with Gasteiger partial charge in [-0.15, -0.1) is 0 Å². The molecule has 0 spiro atoms. The van der Waals surface area contributed by atoms with Gasteiger partial charge in [0.05, 0.1) is 11.1 Å². The molecule has 7 heteroatoms. The fourth-order valence-electron chi connectivity index (χ4n) is 1.61. The van der Waals surface area contributed by atoms with Gasteiger partial charge in [-0.25, -0.2) is 4.79 Å². The number of carbonyl (C=O) groups excluding carboxylic acids is 3. The number of rotatable bonds is 4. The van der Waals surface area contributed by atoms with Crippen LogP contribution in [0.1, 0.15) is 27.6 Å². The molecular formula is C12H11NO5S. The number of hydrogen-bond acceptors (Lipinski definition) is 5. The highest BCUT2D eigenvalue weighted by molar-refractivity contribution is 7.85. The topological polar surface area (TPSA) is 80.8 Å². The van der Waals surface area contributed by atoms with Crippen molar-refractivity contribution in [2.24, 2.45) is 0 Å². The van der Waals surface area contributed by atoms with Crippen LogP contribution in [0.15, 0.2) is 24.3 Å². The lowest BCUT2D eigenvalue weighted by atomic mass is 10.1. The van der Waals surface area contributed by atoms with E-state index < -0.39 is 28.6 Å². The van der Waals surface area contributed by atoms with Crippen molar-refractivity contribution in [3.05, 3.63) is 35.4 Å². The Hall–Kier alpha value is -2.02. The maximum atomic E-state index is 11.8. The Morgan fingerprint density at radius 3 is 2.21 bits per heavy atom. The van der Waals surface area contributed by atoms with Crippen LogP contribution in [0.3, 0.4) is 0 Å². The summed E-state index contributed by atoms with van der Waals surface area (Å²) >= 11 is 0. The van der Waals surface area contributed by atoms with Crippen molar-refractivity contribution in [2.75, 3.05) is 11.5 Å². The summed E-state index contributed by atoms with van der Waals surface area (Å²) in [5.74, 6) is -2.27. The molecule has 0 fully saturated rings. The van der Waals surface area contributed by atoms with E-state index in [1.165, 1.54) is 12.1 Å². The molecule has 0 N–H and O–H groups in total. The Morgan fingerprint density at radius 1 is 1.21 bits per heavy atom. The molecule has 0 aliphatic carbocycles. The molecule has 19 heavy (non-hydrogen) atoms. The molecule has 1 atom stereocenters. The van der Waals surface area contributed by atoms with Gasteiger partial charge in [0.15, 0.2) is 0 Å². The lowest BCUT2D eigenvalue weighted by Crippen LogP contribution is -2.34. The number of hydrogen-bond donors (Lipinski definition) is 0. The van der Waals surface area contributed by atoms with E-state index in [2.05, 4.69) is 0 Å². The Labute approximate surface area is 111 Å². The highest BCUT2D eigenvalue weighted by Gasteiger charge is 2.38. The monoisotopic (exact) mass is 281 g/mol. The second kappa shape index (κ2) is 5.31. The van der Waals surface area contributed by atoms with Gasteiger partial charge in [-0.05, 0) is 12.1 Å². The minimum absolute atomic E-state index is 0.192. The van der Waals surface area contributed by atoms with Crippen molar-refractivity contribution in [1.82, 2.24) is 5.06 Å². The van der Waals surface area contributed by atoms with Crippen LogP contribution in [0.2, 0.25) is 0 Å². The van der Waals surface area contributed by atoms with Crippen molar-refractivity contribution < 1.29 is 23.4 Å². The van der Waals surface area contributed by atoms with E-state index in [0.717, 1.165) is 0 Å². The Morgan fingerprint density at radius 2 is 1.74 bits per heavy atom. The zero-order valence-corrected chi connectivity index (χ0v) is 10.9. The molecule has 6 nitrogen and oxygen atoms in total. The average Bonchev–Trinajstić information content (AvgIpc) is 2.64. The summed E-state index contributed by atoms with van der Waals surface area (Å²) in [4.78, 5) is 39.8. The molecule has 1 heterocycles. The molecule has 0 saturated carbocycles. The molecule has 1 aromatic rings. The first-order valence-electron chi connectivity index (χ1n) is 5.58. The molecule has 1 unspecified atom stereocenters. The van der Waals surface area contributed by atoms with Crippen molar-refractivity contribution in [2.45, 2.75) is 6.92 Å². The summed E-state index contributed by atoms with van der Waals surface area (Å²) in [6, 6.07) is 6.18. The lowest BCUT2D eigenvalue weighted by Gasteiger charge is -2.12. The quantitative estimate of drug-likeness (QED) is 0.751. The number of carbonyl (C=O) groups is 3. The Balaban J connectivity index is 2.12. The number of fused-ring (bicyclic) bond motifs is 1. The summed E-state index contributed by atoms with van der Waals surface area (Å²) in [7, 11) is -1.35. The van der Waals surface area contributed by atoms with Crippen LogP contribution >= 0.6 is 0 Å². The van der Waals surface area contributed by atoms with Gasteiger partial charge in [0.1, 0.15) is 5.75 Å². The van der Waals surface area contributed by atoms with Gasteiger partial charge in [0, 0.05) is 16.6 Å². The average molecular weight is 281 g/mol. The van der Waals surface area contributed by atoms with Crippen molar-refractivity contribution in [3.63, 3.8) is 0 Å². The van der Waals surface area contributed by atoms with E-state index in [0.29, 0.717) is 10.8 Å². The highest BCUT2D eigenvalue weighted by Crippen LogP contribution is 2.22. The smallest absolute Gasteiger partial charge is 0.329 e. The highest BCUT2D eigenvalue weighted by atomic mass is 32.2. The van der Waals surface area contributed by atoms with Crippen LogP contribution in [0, 0.1) is 0 Å². The molecule has 0 aromatic heterocycles. The molecule has 100 valence electrons. The second-order valence-electron chi connectivity index (χ2n) is 3.79. The van der Waals surface area contributed by atoms with Crippen LogP contribution in [0.5, 0.6) is 0 Å². The normalized spacial score (nSPS) is 15.3. The molecule has 1 aliphatic heterocycles. The van der Waals surface area contributed by atoms with Gasteiger partial charge in [-0.2, -0.15) is 0 Å². The molecule has 0 saturated heterocycles. The van der Waals surface area contributed by atoms with Gasteiger partial charge in [0.25, 0.3) is 11.8 Å². The van der Waals surface area contributed by atoms with Crippen LogP contribution in [0.25, 0.3) is 0 Å². The Kier molecular flexibility index (Phi) is 3.75. The van der Waals surface area contributed by atoms with Gasteiger partial charge in [-0.1, -0.05) is 24.1 Å². The van der Waals surface area contributed by atoms with Crippen molar-refractivity contribution in [3.8, 4) is 0 Å². The largest absolute Gasteiger partial charge is 0.345 e. The first-order chi connectivity index (χ1) is 9.04. The van der Waals surface area contributed by atoms with E-state index in [-0.39, 0.29) is 16.9 Å². The molecule has 0 radical (unpaired) electrons. The molecule has 2 amide bonds. The molecule has 1 aromatic carbocycles. The lowest BCUT2D eigenvalue weighted by molar-refractivity contribution is -0.165. The summed E-state index contributed by atoms with van der Waals surface area (Å²) in [6.07, 6.45) is 0. The Bertz CT molecular complexity index is 548. The molecule has 1 aliphatic rings. The van der Waals surface area contributed by atoms with Crippen molar-refractivity contribution in [1.29, 1.82) is 0 Å². The zero-order chi connectivity index (χ0) is 14.0. The van der Waals surface area contributed by atoms with E-state index in [1.54, 1.807) is 19.1 Å². The summed E-state index contributed by atoms with van der Waals surface area (Å²) in [6.45, 7) is 1.66. The third-order valence-electron chi connectivity index (χ3n) is 2.55. The predicted molar refractivity (Wildman–Crippen MR) is 66.6 cm³/mol. The first kappa shape index (κ1) is 13.4. The molecule has 2 rings (SSSR count). The predicted octanol–water partition coefficient (Wildman–Crippen LogP) is 0.509. The van der Waals surface area contributed by atoms with Gasteiger partial charge < -0.3 is 4.84 Å². The summed E-state index contributed by atoms with van der Waals surface area (Å²) < 4.78 is 11.2. The number of benzene rings is 1. The minimum Gasteiger partial charge on any atom is -0.329 e. The van der Waals surface area contributed by atoms with Crippen LogP contribution in [0.4, 0.5) is 0 Å². The van der Waals surface area contributed by atoms with Gasteiger partial charge >= 0.3 is 5.97 Å². The maximum Gasteiger partial charge on any atom is 0.345 e. The number of imide groups is 1. The first-order valence-corrected chi connectivity index (χ1v) is 7.07. The third-order valence-corrected chi connectivity index (χ3v) is 3.75. The maximum absolute atomic E-state index is 11.8. The number of hydroxylamine groups is 2. The van der Waals surface area contributed by atoms with E-state index >= 15 is 0 Å². The SMILES string of the molecule is CCS(=O)CC(=O)ON1C(=O)c2ccccc2C1=O. The molecular weight excluding hydrogens is 270 g/mol. The van der Waals surface area contributed by atoms with Crippen LogP contribution in [-0.4, -0.2) is 38.6 Å². The van der Waals surface area contributed by atoms with Gasteiger partial charge in [-0.3, -0.25) is 13.8 Å².